The fraction of sp³-hybridized carbons (Fsp3) is 0.400. The van der Waals surface area contributed by atoms with E-state index in [0.717, 1.165) is 35.1 Å². The van der Waals surface area contributed by atoms with Gasteiger partial charge in [0.1, 0.15) is 0 Å². The van der Waals surface area contributed by atoms with Crippen LogP contribution in [0.3, 0.4) is 0 Å². The fourth-order valence-electron chi connectivity index (χ4n) is 3.68. The Hall–Kier alpha value is -2.05. The molecule has 0 radical (unpaired) electrons. The molecule has 1 aliphatic carbocycles. The van der Waals surface area contributed by atoms with E-state index in [9.17, 15) is 8.42 Å². The van der Waals surface area contributed by atoms with Crippen molar-refractivity contribution < 1.29 is 17.9 Å². The monoisotopic (exact) mass is 373 g/mol. The number of aryl methyl sites for hydroxylation is 3. The highest BCUT2D eigenvalue weighted by Crippen LogP contribution is 2.38. The van der Waals surface area contributed by atoms with E-state index in [1.54, 1.807) is 4.31 Å². The SMILES string of the molecule is Cc1cc(C)c(S(=O)(=O)N(Cc2ccc3c(c2)OCO3)C2CC2)c(C)c1. The Morgan fingerprint density at radius 2 is 1.65 bits per heavy atom. The minimum Gasteiger partial charge on any atom is -0.454 e. The maximum absolute atomic E-state index is 13.5. The molecule has 1 aliphatic heterocycles. The highest BCUT2D eigenvalue weighted by atomic mass is 32.2. The molecule has 0 amide bonds. The summed E-state index contributed by atoms with van der Waals surface area (Å²) < 4.78 is 39.4. The lowest BCUT2D eigenvalue weighted by atomic mass is 10.1. The highest BCUT2D eigenvalue weighted by molar-refractivity contribution is 7.89. The molecule has 2 aliphatic rings. The Kier molecular flexibility index (Phi) is 4.20. The molecule has 0 aromatic heterocycles. The van der Waals surface area contributed by atoms with E-state index in [-0.39, 0.29) is 12.8 Å². The summed E-state index contributed by atoms with van der Waals surface area (Å²) >= 11 is 0. The van der Waals surface area contributed by atoms with Crippen molar-refractivity contribution in [1.82, 2.24) is 4.31 Å². The Balaban J connectivity index is 1.71. The molecule has 26 heavy (non-hydrogen) atoms. The van der Waals surface area contributed by atoms with E-state index >= 15 is 0 Å². The Labute approximate surface area is 154 Å². The molecule has 138 valence electrons. The van der Waals surface area contributed by atoms with Crippen LogP contribution in [0.1, 0.15) is 35.1 Å². The molecule has 1 saturated carbocycles. The first-order valence-electron chi connectivity index (χ1n) is 8.84. The van der Waals surface area contributed by atoms with E-state index in [2.05, 4.69) is 0 Å². The van der Waals surface area contributed by atoms with Gasteiger partial charge in [-0.3, -0.25) is 0 Å². The zero-order chi connectivity index (χ0) is 18.5. The molecule has 0 spiro atoms. The average Bonchev–Trinajstić information content (AvgIpc) is 3.27. The van der Waals surface area contributed by atoms with Crippen LogP contribution in [-0.4, -0.2) is 25.6 Å². The molecular weight excluding hydrogens is 350 g/mol. The minimum atomic E-state index is -3.57. The van der Waals surface area contributed by atoms with Gasteiger partial charge < -0.3 is 9.47 Å². The largest absolute Gasteiger partial charge is 0.454 e. The molecule has 0 bridgehead atoms. The Morgan fingerprint density at radius 3 is 2.31 bits per heavy atom. The zero-order valence-electron chi connectivity index (χ0n) is 15.3. The number of nitrogens with zero attached hydrogens (tertiary/aromatic N) is 1. The van der Waals surface area contributed by atoms with Crippen LogP contribution >= 0.6 is 0 Å². The zero-order valence-corrected chi connectivity index (χ0v) is 16.1. The number of hydrogen-bond donors (Lipinski definition) is 0. The molecular formula is C20H23NO4S. The summed E-state index contributed by atoms with van der Waals surface area (Å²) in [5.41, 5.74) is 3.59. The van der Waals surface area contributed by atoms with Crippen LogP contribution in [0, 0.1) is 20.8 Å². The second-order valence-corrected chi connectivity index (χ2v) is 9.02. The summed E-state index contributed by atoms with van der Waals surface area (Å²) in [5.74, 6) is 1.39. The first-order valence-corrected chi connectivity index (χ1v) is 10.3. The van der Waals surface area contributed by atoms with Gasteiger partial charge in [0.2, 0.25) is 16.8 Å². The molecule has 2 aromatic rings. The summed E-state index contributed by atoms with van der Waals surface area (Å²) in [5, 5.41) is 0. The van der Waals surface area contributed by atoms with Gasteiger partial charge in [-0.15, -0.1) is 0 Å². The first-order chi connectivity index (χ1) is 12.4. The van der Waals surface area contributed by atoms with Gasteiger partial charge in [-0.2, -0.15) is 4.31 Å². The fourth-order valence-corrected chi connectivity index (χ4v) is 5.77. The predicted octanol–water partition coefficient (Wildman–Crippen LogP) is 3.69. The van der Waals surface area contributed by atoms with Gasteiger partial charge in [0.05, 0.1) is 4.90 Å². The third-order valence-electron chi connectivity index (χ3n) is 4.90. The number of hydrogen-bond acceptors (Lipinski definition) is 4. The molecule has 4 rings (SSSR count). The third kappa shape index (κ3) is 3.08. The van der Waals surface area contributed by atoms with Crippen molar-refractivity contribution in [3.63, 3.8) is 0 Å². The van der Waals surface area contributed by atoms with Crippen LogP contribution < -0.4 is 9.47 Å². The summed E-state index contributed by atoms with van der Waals surface area (Å²) in [7, 11) is -3.57. The van der Waals surface area contributed by atoms with Crippen LogP contribution in [0.2, 0.25) is 0 Å². The van der Waals surface area contributed by atoms with E-state index in [1.807, 2.05) is 51.1 Å². The van der Waals surface area contributed by atoms with Crippen molar-refractivity contribution in [3.8, 4) is 11.5 Å². The van der Waals surface area contributed by atoms with Gasteiger partial charge in [0.25, 0.3) is 0 Å². The summed E-state index contributed by atoms with van der Waals surface area (Å²) in [6, 6.07) is 9.58. The Bertz CT molecular complexity index is 941. The van der Waals surface area contributed by atoms with E-state index in [1.165, 1.54) is 0 Å². The Morgan fingerprint density at radius 1 is 1.00 bits per heavy atom. The van der Waals surface area contributed by atoms with Crippen LogP contribution in [-0.2, 0) is 16.6 Å². The first kappa shape index (κ1) is 17.4. The molecule has 0 unspecified atom stereocenters. The highest BCUT2D eigenvalue weighted by Gasteiger charge is 2.39. The minimum absolute atomic E-state index is 0.0746. The van der Waals surface area contributed by atoms with Crippen molar-refractivity contribution in [2.24, 2.45) is 0 Å². The van der Waals surface area contributed by atoms with Crippen molar-refractivity contribution >= 4 is 10.0 Å². The third-order valence-corrected chi connectivity index (χ3v) is 7.11. The lowest BCUT2D eigenvalue weighted by molar-refractivity contribution is 0.174. The van der Waals surface area contributed by atoms with Crippen LogP contribution in [0.25, 0.3) is 0 Å². The standard InChI is InChI=1S/C20H23NO4S/c1-13-8-14(2)20(15(3)9-13)26(22,23)21(17-5-6-17)11-16-4-7-18-19(10-16)25-12-24-18/h4,7-10,17H,5-6,11-12H2,1-3H3. The predicted molar refractivity (Wildman–Crippen MR) is 99.0 cm³/mol. The van der Waals surface area contributed by atoms with E-state index in [4.69, 9.17) is 9.47 Å². The maximum atomic E-state index is 13.5. The van der Waals surface area contributed by atoms with Gasteiger partial charge in [-0.05, 0) is 62.4 Å². The molecule has 2 aromatic carbocycles. The average molecular weight is 373 g/mol. The van der Waals surface area contributed by atoms with Gasteiger partial charge in [0.15, 0.2) is 11.5 Å². The quantitative estimate of drug-likeness (QED) is 0.802. The van der Waals surface area contributed by atoms with Crippen LogP contribution in [0.5, 0.6) is 11.5 Å². The van der Waals surface area contributed by atoms with Crippen LogP contribution in [0.15, 0.2) is 35.2 Å². The number of sulfonamides is 1. The second kappa shape index (κ2) is 6.28. The molecule has 0 N–H and O–H groups in total. The van der Waals surface area contributed by atoms with Gasteiger partial charge >= 0.3 is 0 Å². The smallest absolute Gasteiger partial charge is 0.244 e. The van der Waals surface area contributed by atoms with Crippen molar-refractivity contribution in [3.05, 3.63) is 52.6 Å². The number of fused-ring (bicyclic) bond motifs is 1. The molecule has 5 nitrogen and oxygen atoms in total. The number of rotatable bonds is 5. The van der Waals surface area contributed by atoms with Gasteiger partial charge in [0, 0.05) is 12.6 Å². The molecule has 0 atom stereocenters. The van der Waals surface area contributed by atoms with Gasteiger partial charge in [-0.25, -0.2) is 8.42 Å². The van der Waals surface area contributed by atoms with E-state index < -0.39 is 10.0 Å². The topological polar surface area (TPSA) is 55.8 Å². The maximum Gasteiger partial charge on any atom is 0.244 e. The number of ether oxygens (including phenoxy) is 2. The summed E-state index contributed by atoms with van der Waals surface area (Å²) in [6.07, 6.45) is 1.82. The summed E-state index contributed by atoms with van der Waals surface area (Å²) in [6.45, 7) is 6.29. The van der Waals surface area contributed by atoms with Crippen LogP contribution in [0.4, 0.5) is 0 Å². The molecule has 1 heterocycles. The normalized spacial score (nSPS) is 16.3. The van der Waals surface area contributed by atoms with Crippen molar-refractivity contribution in [1.29, 1.82) is 0 Å². The van der Waals surface area contributed by atoms with E-state index in [0.29, 0.717) is 22.9 Å². The molecule has 6 heteroatoms. The number of benzene rings is 2. The van der Waals surface area contributed by atoms with Crippen molar-refractivity contribution in [2.45, 2.75) is 51.1 Å². The van der Waals surface area contributed by atoms with Crippen molar-refractivity contribution in [2.75, 3.05) is 6.79 Å². The molecule has 0 saturated heterocycles. The lowest BCUT2D eigenvalue weighted by Crippen LogP contribution is -2.33. The second-order valence-electron chi connectivity index (χ2n) is 7.20. The van der Waals surface area contributed by atoms with Gasteiger partial charge in [-0.1, -0.05) is 23.8 Å². The summed E-state index contributed by atoms with van der Waals surface area (Å²) in [4.78, 5) is 0.441. The molecule has 1 fully saturated rings. The lowest BCUT2D eigenvalue weighted by Gasteiger charge is -2.24.